The lowest BCUT2D eigenvalue weighted by Crippen LogP contribution is -2.48. The third-order valence-corrected chi connectivity index (χ3v) is 4.35. The predicted octanol–water partition coefficient (Wildman–Crippen LogP) is 1.38. The summed E-state index contributed by atoms with van der Waals surface area (Å²) in [7, 11) is 1.71. The molecule has 2 rings (SSSR count). The molecule has 1 saturated heterocycles. The van der Waals surface area contributed by atoms with Crippen molar-refractivity contribution >= 4 is 11.8 Å². The summed E-state index contributed by atoms with van der Waals surface area (Å²) in [5.74, 6) is -0.191. The standard InChI is InChI=1S/C17H24N2O3/c1-13(12-20)18(2)16(21)15-9-6-10-19(11-15)17(22)14-7-4-3-5-8-14/h3-5,7-8,13,15,20H,6,9-12H2,1-2H3. The topological polar surface area (TPSA) is 60.9 Å². The average molecular weight is 304 g/mol. The van der Waals surface area contributed by atoms with Crippen LogP contribution < -0.4 is 0 Å². The SMILES string of the molecule is CC(CO)N(C)C(=O)C1CCCN(C(=O)c2ccccc2)C1. The Hall–Kier alpha value is -1.88. The van der Waals surface area contributed by atoms with E-state index in [0.717, 1.165) is 12.8 Å². The van der Waals surface area contributed by atoms with E-state index >= 15 is 0 Å². The van der Waals surface area contributed by atoms with Crippen LogP contribution in [0.2, 0.25) is 0 Å². The average Bonchev–Trinajstić information content (AvgIpc) is 2.59. The zero-order valence-electron chi connectivity index (χ0n) is 13.2. The van der Waals surface area contributed by atoms with Crippen LogP contribution in [0.25, 0.3) is 0 Å². The maximum Gasteiger partial charge on any atom is 0.253 e. The van der Waals surface area contributed by atoms with Gasteiger partial charge < -0.3 is 14.9 Å². The molecule has 0 bridgehead atoms. The molecule has 1 aliphatic heterocycles. The highest BCUT2D eigenvalue weighted by Crippen LogP contribution is 2.21. The Morgan fingerprint density at radius 1 is 1.36 bits per heavy atom. The molecule has 1 aromatic rings. The van der Waals surface area contributed by atoms with Crippen molar-refractivity contribution in [3.05, 3.63) is 35.9 Å². The number of nitrogens with zero attached hydrogens (tertiary/aromatic N) is 2. The molecule has 0 spiro atoms. The first-order valence-corrected chi connectivity index (χ1v) is 7.76. The smallest absolute Gasteiger partial charge is 0.253 e. The van der Waals surface area contributed by atoms with Crippen molar-refractivity contribution < 1.29 is 14.7 Å². The predicted molar refractivity (Wildman–Crippen MR) is 84.4 cm³/mol. The summed E-state index contributed by atoms with van der Waals surface area (Å²) >= 11 is 0. The number of amides is 2. The van der Waals surface area contributed by atoms with E-state index in [1.54, 1.807) is 29.0 Å². The van der Waals surface area contributed by atoms with Crippen LogP contribution in [0, 0.1) is 5.92 Å². The zero-order chi connectivity index (χ0) is 16.1. The molecule has 0 radical (unpaired) electrons. The van der Waals surface area contributed by atoms with E-state index in [1.165, 1.54) is 0 Å². The highest BCUT2D eigenvalue weighted by Gasteiger charge is 2.31. The van der Waals surface area contributed by atoms with Crippen LogP contribution in [-0.4, -0.2) is 59.5 Å². The van der Waals surface area contributed by atoms with Gasteiger partial charge in [0.25, 0.3) is 5.91 Å². The van der Waals surface area contributed by atoms with E-state index in [2.05, 4.69) is 0 Å². The van der Waals surface area contributed by atoms with Crippen LogP contribution in [0.5, 0.6) is 0 Å². The van der Waals surface area contributed by atoms with Gasteiger partial charge in [0.15, 0.2) is 0 Å². The number of carbonyl (C=O) groups excluding carboxylic acids is 2. The van der Waals surface area contributed by atoms with Gasteiger partial charge in [-0.1, -0.05) is 18.2 Å². The first kappa shape index (κ1) is 16.5. The number of piperidine rings is 1. The summed E-state index contributed by atoms with van der Waals surface area (Å²) in [5, 5.41) is 9.18. The van der Waals surface area contributed by atoms with Gasteiger partial charge in [-0.25, -0.2) is 0 Å². The normalized spacial score (nSPS) is 19.6. The number of aliphatic hydroxyl groups is 1. The van der Waals surface area contributed by atoms with Crippen LogP contribution in [0.3, 0.4) is 0 Å². The number of carbonyl (C=O) groups is 2. The molecule has 0 saturated carbocycles. The summed E-state index contributed by atoms with van der Waals surface area (Å²) < 4.78 is 0. The molecule has 1 aromatic carbocycles. The van der Waals surface area contributed by atoms with Crippen molar-refractivity contribution in [2.45, 2.75) is 25.8 Å². The Kier molecular flexibility index (Phi) is 5.55. The molecule has 2 amide bonds. The molecule has 2 atom stereocenters. The summed E-state index contributed by atoms with van der Waals surface area (Å²) in [6.45, 7) is 2.90. The van der Waals surface area contributed by atoms with Gasteiger partial charge >= 0.3 is 0 Å². The van der Waals surface area contributed by atoms with Crippen molar-refractivity contribution in [3.63, 3.8) is 0 Å². The minimum absolute atomic E-state index is 0.00658. The van der Waals surface area contributed by atoms with Gasteiger partial charge in [0.1, 0.15) is 0 Å². The first-order chi connectivity index (χ1) is 10.5. The Morgan fingerprint density at radius 2 is 2.05 bits per heavy atom. The van der Waals surface area contributed by atoms with Gasteiger partial charge in [-0.05, 0) is 31.9 Å². The molecule has 5 heteroatoms. The van der Waals surface area contributed by atoms with Crippen molar-refractivity contribution in [2.24, 2.45) is 5.92 Å². The lowest BCUT2D eigenvalue weighted by atomic mass is 9.95. The summed E-state index contributed by atoms with van der Waals surface area (Å²) in [6.07, 6.45) is 1.62. The van der Waals surface area contributed by atoms with Gasteiger partial charge in [-0.15, -0.1) is 0 Å². The second-order valence-corrected chi connectivity index (χ2v) is 5.94. The third kappa shape index (κ3) is 3.65. The Labute approximate surface area is 131 Å². The quantitative estimate of drug-likeness (QED) is 0.914. The highest BCUT2D eigenvalue weighted by atomic mass is 16.3. The summed E-state index contributed by atoms with van der Waals surface area (Å²) in [4.78, 5) is 28.3. The zero-order valence-corrected chi connectivity index (χ0v) is 13.2. The maximum atomic E-state index is 12.5. The fourth-order valence-electron chi connectivity index (χ4n) is 2.75. The molecule has 5 nitrogen and oxygen atoms in total. The number of likely N-dealkylation sites (tertiary alicyclic amines) is 1. The second kappa shape index (κ2) is 7.40. The number of likely N-dealkylation sites (N-methyl/N-ethyl adjacent to an activating group) is 1. The number of hydrogen-bond acceptors (Lipinski definition) is 3. The molecule has 120 valence electrons. The van der Waals surface area contributed by atoms with Crippen LogP contribution in [0.4, 0.5) is 0 Å². The fourth-order valence-corrected chi connectivity index (χ4v) is 2.75. The van der Waals surface area contributed by atoms with Crippen LogP contribution in [0.1, 0.15) is 30.1 Å². The second-order valence-electron chi connectivity index (χ2n) is 5.94. The number of hydrogen-bond donors (Lipinski definition) is 1. The molecule has 22 heavy (non-hydrogen) atoms. The lowest BCUT2D eigenvalue weighted by Gasteiger charge is -2.35. The van der Waals surface area contributed by atoms with Crippen LogP contribution >= 0.6 is 0 Å². The summed E-state index contributed by atoms with van der Waals surface area (Å²) in [6, 6.07) is 8.96. The van der Waals surface area contributed by atoms with Gasteiger partial charge in [0.2, 0.25) is 5.91 Å². The van der Waals surface area contributed by atoms with Gasteiger partial charge in [0.05, 0.1) is 18.6 Å². The van der Waals surface area contributed by atoms with E-state index < -0.39 is 0 Å². The highest BCUT2D eigenvalue weighted by molar-refractivity contribution is 5.94. The molecular weight excluding hydrogens is 280 g/mol. The molecule has 1 aliphatic rings. The van der Waals surface area contributed by atoms with Crippen molar-refractivity contribution in [2.75, 3.05) is 26.7 Å². The van der Waals surface area contributed by atoms with E-state index in [1.807, 2.05) is 25.1 Å². The summed E-state index contributed by atoms with van der Waals surface area (Å²) in [5.41, 5.74) is 0.660. The van der Waals surface area contributed by atoms with Crippen LogP contribution in [0.15, 0.2) is 30.3 Å². The van der Waals surface area contributed by atoms with E-state index in [-0.39, 0.29) is 30.4 Å². The van der Waals surface area contributed by atoms with Crippen molar-refractivity contribution in [1.29, 1.82) is 0 Å². The number of benzene rings is 1. The molecule has 0 aliphatic carbocycles. The molecule has 0 aromatic heterocycles. The number of aliphatic hydroxyl groups excluding tert-OH is 1. The molecular formula is C17H24N2O3. The Morgan fingerprint density at radius 3 is 2.68 bits per heavy atom. The van der Waals surface area contributed by atoms with Gasteiger partial charge in [-0.3, -0.25) is 9.59 Å². The van der Waals surface area contributed by atoms with Crippen molar-refractivity contribution in [1.82, 2.24) is 9.80 Å². The number of rotatable bonds is 4. The van der Waals surface area contributed by atoms with Gasteiger partial charge in [-0.2, -0.15) is 0 Å². The molecule has 1 heterocycles. The lowest BCUT2D eigenvalue weighted by molar-refractivity contribution is -0.138. The van der Waals surface area contributed by atoms with E-state index in [9.17, 15) is 14.7 Å². The molecule has 1 N–H and O–H groups in total. The minimum Gasteiger partial charge on any atom is -0.394 e. The van der Waals surface area contributed by atoms with Crippen molar-refractivity contribution in [3.8, 4) is 0 Å². The molecule has 1 fully saturated rings. The third-order valence-electron chi connectivity index (χ3n) is 4.35. The Balaban J connectivity index is 2.03. The monoisotopic (exact) mass is 304 g/mol. The largest absolute Gasteiger partial charge is 0.394 e. The van der Waals surface area contributed by atoms with E-state index in [0.29, 0.717) is 18.7 Å². The fraction of sp³-hybridized carbons (Fsp3) is 0.529. The maximum absolute atomic E-state index is 12.5. The Bertz CT molecular complexity index is 518. The van der Waals surface area contributed by atoms with Gasteiger partial charge in [0, 0.05) is 25.7 Å². The first-order valence-electron chi connectivity index (χ1n) is 7.76. The minimum atomic E-state index is -0.201. The molecule has 2 unspecified atom stereocenters. The van der Waals surface area contributed by atoms with Crippen LogP contribution in [-0.2, 0) is 4.79 Å². The van der Waals surface area contributed by atoms with E-state index in [4.69, 9.17) is 0 Å².